The molecule has 142 valence electrons. The van der Waals surface area contributed by atoms with Crippen molar-refractivity contribution in [2.24, 2.45) is 0 Å². The summed E-state index contributed by atoms with van der Waals surface area (Å²) in [7, 11) is -2.47. The van der Waals surface area contributed by atoms with Gasteiger partial charge in [0.15, 0.2) is 5.82 Å². The number of nitrogens with one attached hydrogen (secondary N) is 3. The van der Waals surface area contributed by atoms with E-state index in [-0.39, 0.29) is 0 Å². The Morgan fingerprint density at radius 2 is 1.89 bits per heavy atom. The monoisotopic (exact) mass is 412 g/mol. The van der Waals surface area contributed by atoms with Crippen molar-refractivity contribution >= 4 is 58.2 Å². The number of para-hydroxylation sites is 1. The summed E-state index contributed by atoms with van der Waals surface area (Å²) in [5.41, 5.74) is 2.27. The molecular weight excluding hydrogens is 395 g/mol. The van der Waals surface area contributed by atoms with Crippen molar-refractivity contribution in [1.82, 2.24) is 19.9 Å². The fraction of sp³-hybridized carbons (Fsp3) is 0.105. The number of rotatable bonds is 5. The van der Waals surface area contributed by atoms with E-state index >= 15 is 0 Å². The predicted molar refractivity (Wildman–Crippen MR) is 115 cm³/mol. The number of hydrogen-bond donors (Lipinski definition) is 3. The number of anilines is 4. The van der Waals surface area contributed by atoms with Crippen molar-refractivity contribution < 1.29 is 4.57 Å². The summed E-state index contributed by atoms with van der Waals surface area (Å²) in [6, 6.07) is 11.3. The highest BCUT2D eigenvalue weighted by atomic mass is 35.5. The lowest BCUT2D eigenvalue weighted by Crippen LogP contribution is -2.10. The topological polar surface area (TPSA) is 95.6 Å². The van der Waals surface area contributed by atoms with Crippen LogP contribution < -0.4 is 15.9 Å². The van der Waals surface area contributed by atoms with Gasteiger partial charge in [0.05, 0.1) is 23.8 Å². The molecule has 0 bridgehead atoms. The first-order valence-corrected chi connectivity index (χ1v) is 11.5. The van der Waals surface area contributed by atoms with Gasteiger partial charge in [-0.2, -0.15) is 4.98 Å². The van der Waals surface area contributed by atoms with Gasteiger partial charge >= 0.3 is 0 Å². The summed E-state index contributed by atoms with van der Waals surface area (Å²) >= 11 is 6.28. The van der Waals surface area contributed by atoms with Gasteiger partial charge in [0, 0.05) is 16.9 Å². The van der Waals surface area contributed by atoms with Crippen LogP contribution >= 0.6 is 18.7 Å². The molecule has 0 aliphatic rings. The van der Waals surface area contributed by atoms with E-state index in [0.29, 0.717) is 22.5 Å². The van der Waals surface area contributed by atoms with Crippen molar-refractivity contribution in [3.8, 4) is 0 Å². The van der Waals surface area contributed by atoms with Gasteiger partial charge in [-0.05, 0) is 37.6 Å². The molecule has 7 nitrogen and oxygen atoms in total. The average molecular weight is 413 g/mol. The highest BCUT2D eigenvalue weighted by molar-refractivity contribution is 7.70. The number of hydrogen-bond acceptors (Lipinski definition) is 6. The molecule has 4 rings (SSSR count). The molecule has 0 aliphatic heterocycles. The molecule has 4 aromatic rings. The molecule has 1 aromatic carbocycles. The molecule has 0 atom stereocenters. The van der Waals surface area contributed by atoms with Crippen molar-refractivity contribution in [1.29, 1.82) is 0 Å². The summed E-state index contributed by atoms with van der Waals surface area (Å²) in [4.78, 5) is 16.1. The number of fused-ring (bicyclic) bond motifs is 1. The highest BCUT2D eigenvalue weighted by Gasteiger charge is 2.17. The van der Waals surface area contributed by atoms with Crippen LogP contribution in [0.2, 0.25) is 5.02 Å². The molecule has 3 aromatic heterocycles. The molecule has 0 fully saturated rings. The second kappa shape index (κ2) is 7.26. The van der Waals surface area contributed by atoms with E-state index in [2.05, 4.69) is 30.6 Å². The summed E-state index contributed by atoms with van der Waals surface area (Å²) in [5, 5.41) is 8.39. The molecule has 0 saturated carbocycles. The molecule has 0 spiro atoms. The zero-order valence-corrected chi connectivity index (χ0v) is 16.9. The van der Waals surface area contributed by atoms with E-state index in [0.717, 1.165) is 22.0 Å². The summed E-state index contributed by atoms with van der Waals surface area (Å²) in [6.07, 6.45) is 5.05. The molecule has 9 heteroatoms. The van der Waals surface area contributed by atoms with Gasteiger partial charge in [-0.15, -0.1) is 0 Å². The molecule has 0 unspecified atom stereocenters. The summed E-state index contributed by atoms with van der Waals surface area (Å²) < 4.78 is 12.6. The van der Waals surface area contributed by atoms with Crippen molar-refractivity contribution in [2.75, 3.05) is 24.0 Å². The molecule has 3 heterocycles. The van der Waals surface area contributed by atoms with Crippen molar-refractivity contribution in [2.45, 2.75) is 0 Å². The maximum Gasteiger partial charge on any atom is 0.229 e. The third-order valence-electron chi connectivity index (χ3n) is 4.14. The van der Waals surface area contributed by atoms with E-state index in [1.165, 1.54) is 6.20 Å². The Hall–Kier alpha value is -2.89. The van der Waals surface area contributed by atoms with Gasteiger partial charge in [-0.1, -0.05) is 23.7 Å². The molecule has 0 saturated heterocycles. The molecule has 28 heavy (non-hydrogen) atoms. The van der Waals surface area contributed by atoms with E-state index in [4.69, 9.17) is 11.6 Å². The maximum atomic E-state index is 12.6. The smallest absolute Gasteiger partial charge is 0.229 e. The van der Waals surface area contributed by atoms with Gasteiger partial charge in [0.25, 0.3) is 0 Å². The van der Waals surface area contributed by atoms with Gasteiger partial charge in [-0.25, -0.2) is 9.97 Å². The van der Waals surface area contributed by atoms with Crippen LogP contribution in [0.1, 0.15) is 0 Å². The Bertz CT molecular complexity index is 1200. The summed E-state index contributed by atoms with van der Waals surface area (Å²) in [5.74, 6) is 0.799. The van der Waals surface area contributed by atoms with Crippen LogP contribution in [0.5, 0.6) is 0 Å². The van der Waals surface area contributed by atoms with Gasteiger partial charge in [0.2, 0.25) is 5.95 Å². The van der Waals surface area contributed by atoms with E-state index in [1.54, 1.807) is 19.5 Å². The normalized spacial score (nSPS) is 11.5. The Labute approximate surface area is 167 Å². The van der Waals surface area contributed by atoms with Gasteiger partial charge < -0.3 is 20.2 Å². The number of benzene rings is 1. The first-order chi connectivity index (χ1) is 13.4. The Morgan fingerprint density at radius 3 is 2.71 bits per heavy atom. The molecule has 0 radical (unpaired) electrons. The number of pyridine rings is 1. The van der Waals surface area contributed by atoms with Crippen LogP contribution in [0.3, 0.4) is 0 Å². The standard InChI is InChI=1S/C19H18ClN6OP/c1-28(2,27)16-6-4-3-5-15(16)25-18-14(20)11-23-19(26-18)24-13-9-12-7-8-21-17(12)22-10-13/h3-11H,1-2H3,(H,21,22)(H2,23,24,25,26). The SMILES string of the molecule is CP(C)(=O)c1ccccc1Nc1nc(Nc2cnc3[nH]ccc3c2)ncc1Cl. The predicted octanol–water partition coefficient (Wildman–Crippen LogP) is 4.74. The number of nitrogens with zero attached hydrogens (tertiary/aromatic N) is 3. The van der Waals surface area contributed by atoms with E-state index in [1.807, 2.05) is 42.6 Å². The van der Waals surface area contributed by atoms with Crippen LogP contribution in [-0.2, 0) is 4.57 Å². The second-order valence-electron chi connectivity index (χ2n) is 6.65. The first-order valence-electron chi connectivity index (χ1n) is 8.54. The lowest BCUT2D eigenvalue weighted by atomic mass is 10.3. The number of H-pyrrole nitrogens is 1. The van der Waals surface area contributed by atoms with E-state index in [9.17, 15) is 4.57 Å². The van der Waals surface area contributed by atoms with Crippen LogP contribution in [0.4, 0.5) is 23.1 Å². The van der Waals surface area contributed by atoms with Crippen LogP contribution in [0.25, 0.3) is 11.0 Å². The quantitative estimate of drug-likeness (QED) is 0.410. The third kappa shape index (κ3) is 3.86. The van der Waals surface area contributed by atoms with Crippen LogP contribution in [-0.4, -0.2) is 33.3 Å². The minimum Gasteiger partial charge on any atom is -0.346 e. The molecular formula is C19H18ClN6OP. The largest absolute Gasteiger partial charge is 0.346 e. The molecule has 0 amide bonds. The number of halogens is 1. The highest BCUT2D eigenvalue weighted by Crippen LogP contribution is 2.38. The zero-order chi connectivity index (χ0) is 19.7. The second-order valence-corrected chi connectivity index (χ2v) is 10.2. The number of aromatic amines is 1. The first kappa shape index (κ1) is 18.5. The van der Waals surface area contributed by atoms with Crippen molar-refractivity contribution in [3.05, 3.63) is 60.0 Å². The zero-order valence-electron chi connectivity index (χ0n) is 15.3. The van der Waals surface area contributed by atoms with Crippen molar-refractivity contribution in [3.63, 3.8) is 0 Å². The molecule has 3 N–H and O–H groups in total. The van der Waals surface area contributed by atoms with Crippen LogP contribution in [0.15, 0.2) is 55.0 Å². The Morgan fingerprint density at radius 1 is 1.07 bits per heavy atom. The Kier molecular flexibility index (Phi) is 4.79. The maximum absolute atomic E-state index is 12.6. The Balaban J connectivity index is 1.64. The fourth-order valence-electron chi connectivity index (χ4n) is 2.83. The lowest BCUT2D eigenvalue weighted by Gasteiger charge is -2.15. The molecule has 0 aliphatic carbocycles. The van der Waals surface area contributed by atoms with Gasteiger partial charge in [0.1, 0.15) is 17.8 Å². The number of aromatic nitrogens is 4. The van der Waals surface area contributed by atoms with Crippen LogP contribution in [0, 0.1) is 0 Å². The fourth-order valence-corrected chi connectivity index (χ4v) is 4.12. The minimum atomic E-state index is -2.47. The van der Waals surface area contributed by atoms with E-state index < -0.39 is 7.14 Å². The van der Waals surface area contributed by atoms with Gasteiger partial charge in [-0.3, -0.25) is 0 Å². The summed E-state index contributed by atoms with van der Waals surface area (Å²) in [6.45, 7) is 3.46. The minimum absolute atomic E-state index is 0.363. The third-order valence-corrected chi connectivity index (χ3v) is 5.96. The average Bonchev–Trinajstić information content (AvgIpc) is 3.12. The lowest BCUT2D eigenvalue weighted by molar-refractivity contribution is 0.588.